The van der Waals surface area contributed by atoms with Gasteiger partial charge in [0, 0.05) is 16.2 Å². The molecule has 1 aliphatic carbocycles. The van der Waals surface area contributed by atoms with Crippen LogP contribution in [0, 0.1) is 0 Å². The molecule has 0 saturated heterocycles. The molecule has 6 heteroatoms. The Morgan fingerprint density at radius 2 is 2.11 bits per heavy atom. The number of carbonyl (C=O) groups is 2. The first-order valence-electron chi connectivity index (χ1n) is 6.03. The number of nitrogens with two attached hydrogens (primary N) is 1. The maximum atomic E-state index is 11.9. The number of ether oxygens (including phenoxy) is 1. The number of anilines is 1. The first-order valence-corrected chi connectivity index (χ1v) is 6.82. The van der Waals surface area contributed by atoms with Crippen LogP contribution in [0.15, 0.2) is 22.7 Å². The fraction of sp³-hybridized carbons (Fsp3) is 0.385. The zero-order valence-corrected chi connectivity index (χ0v) is 12.1. The van der Waals surface area contributed by atoms with E-state index >= 15 is 0 Å². The van der Waals surface area contributed by atoms with Gasteiger partial charge >= 0.3 is 5.97 Å². The van der Waals surface area contributed by atoms with E-state index in [9.17, 15) is 9.59 Å². The van der Waals surface area contributed by atoms with Gasteiger partial charge in [-0.05, 0) is 38.0 Å². The SMILES string of the molecule is CC(OC(=O)c1cc(N)cc(Br)c1)C(=O)NC1CC1. The highest BCUT2D eigenvalue weighted by molar-refractivity contribution is 9.10. The van der Waals surface area contributed by atoms with Crippen molar-refractivity contribution in [2.75, 3.05) is 5.73 Å². The lowest BCUT2D eigenvalue weighted by atomic mass is 10.2. The van der Waals surface area contributed by atoms with Crippen molar-refractivity contribution < 1.29 is 14.3 Å². The molecule has 1 atom stereocenters. The molecule has 0 aromatic heterocycles. The van der Waals surface area contributed by atoms with Crippen molar-refractivity contribution in [2.45, 2.75) is 31.9 Å². The highest BCUT2D eigenvalue weighted by atomic mass is 79.9. The number of hydrogen-bond donors (Lipinski definition) is 2. The molecule has 1 aliphatic rings. The lowest BCUT2D eigenvalue weighted by Gasteiger charge is -2.13. The number of benzene rings is 1. The summed E-state index contributed by atoms with van der Waals surface area (Å²) in [4.78, 5) is 23.6. The second-order valence-electron chi connectivity index (χ2n) is 4.60. The monoisotopic (exact) mass is 326 g/mol. The van der Waals surface area contributed by atoms with Gasteiger partial charge in [0.15, 0.2) is 6.10 Å². The summed E-state index contributed by atoms with van der Waals surface area (Å²) in [5.41, 5.74) is 6.42. The molecular weight excluding hydrogens is 312 g/mol. The van der Waals surface area contributed by atoms with Gasteiger partial charge in [0.05, 0.1) is 5.56 Å². The molecule has 19 heavy (non-hydrogen) atoms. The van der Waals surface area contributed by atoms with Crippen LogP contribution >= 0.6 is 15.9 Å². The second kappa shape index (κ2) is 5.61. The summed E-state index contributed by atoms with van der Waals surface area (Å²) in [5.74, 6) is -0.828. The van der Waals surface area contributed by atoms with E-state index < -0.39 is 12.1 Å². The van der Waals surface area contributed by atoms with Gasteiger partial charge in [-0.1, -0.05) is 15.9 Å². The molecule has 0 bridgehead atoms. The number of amides is 1. The van der Waals surface area contributed by atoms with Crippen LogP contribution in [0.5, 0.6) is 0 Å². The average molecular weight is 327 g/mol. The van der Waals surface area contributed by atoms with Gasteiger partial charge in [0.2, 0.25) is 0 Å². The maximum Gasteiger partial charge on any atom is 0.339 e. The quantitative estimate of drug-likeness (QED) is 0.653. The van der Waals surface area contributed by atoms with Crippen LogP contribution in [0.2, 0.25) is 0 Å². The predicted octanol–water partition coefficient (Wildman–Crippen LogP) is 1.86. The molecule has 1 aromatic rings. The smallest absolute Gasteiger partial charge is 0.339 e. The summed E-state index contributed by atoms with van der Waals surface area (Å²) < 4.78 is 5.80. The maximum absolute atomic E-state index is 11.9. The first-order chi connectivity index (χ1) is 8.95. The molecule has 102 valence electrons. The highest BCUT2D eigenvalue weighted by Gasteiger charge is 2.27. The zero-order valence-electron chi connectivity index (χ0n) is 10.5. The molecule has 1 unspecified atom stereocenters. The Morgan fingerprint density at radius 1 is 1.42 bits per heavy atom. The summed E-state index contributed by atoms with van der Waals surface area (Å²) in [6, 6.07) is 5.04. The fourth-order valence-electron chi connectivity index (χ4n) is 1.56. The van der Waals surface area contributed by atoms with Crippen LogP contribution in [0.25, 0.3) is 0 Å². The summed E-state index contributed by atoms with van der Waals surface area (Å²) in [6.45, 7) is 1.55. The van der Waals surface area contributed by atoms with E-state index in [2.05, 4.69) is 21.2 Å². The van der Waals surface area contributed by atoms with Crippen LogP contribution in [-0.4, -0.2) is 24.0 Å². The van der Waals surface area contributed by atoms with Crippen molar-refractivity contribution in [2.24, 2.45) is 0 Å². The number of esters is 1. The number of nitrogens with one attached hydrogen (secondary N) is 1. The van der Waals surface area contributed by atoms with Crippen molar-refractivity contribution in [3.05, 3.63) is 28.2 Å². The Labute approximate surface area is 119 Å². The van der Waals surface area contributed by atoms with Gasteiger partial charge in [-0.15, -0.1) is 0 Å². The van der Waals surface area contributed by atoms with E-state index in [0.717, 1.165) is 12.8 Å². The molecule has 1 amide bonds. The van der Waals surface area contributed by atoms with Crippen molar-refractivity contribution in [1.29, 1.82) is 0 Å². The lowest BCUT2D eigenvalue weighted by Crippen LogP contribution is -2.37. The molecule has 1 saturated carbocycles. The largest absolute Gasteiger partial charge is 0.449 e. The number of nitrogen functional groups attached to an aromatic ring is 1. The van der Waals surface area contributed by atoms with Gasteiger partial charge in [-0.3, -0.25) is 4.79 Å². The van der Waals surface area contributed by atoms with Crippen LogP contribution in [-0.2, 0) is 9.53 Å². The number of carbonyl (C=O) groups excluding carboxylic acids is 2. The molecule has 0 spiro atoms. The standard InChI is InChI=1S/C13H15BrN2O3/c1-7(12(17)16-11-2-3-11)19-13(18)8-4-9(14)6-10(15)5-8/h4-7,11H,2-3,15H2,1H3,(H,16,17). The average Bonchev–Trinajstić information content (AvgIpc) is 3.11. The van der Waals surface area contributed by atoms with Crippen LogP contribution in [0.1, 0.15) is 30.1 Å². The summed E-state index contributed by atoms with van der Waals surface area (Å²) >= 11 is 3.25. The van der Waals surface area contributed by atoms with Gasteiger partial charge in [-0.2, -0.15) is 0 Å². The number of halogens is 1. The first kappa shape index (κ1) is 13.9. The third-order valence-electron chi connectivity index (χ3n) is 2.73. The minimum absolute atomic E-state index is 0.246. The normalized spacial score (nSPS) is 15.7. The number of rotatable bonds is 4. The minimum Gasteiger partial charge on any atom is -0.449 e. The fourth-order valence-corrected chi connectivity index (χ4v) is 2.07. The van der Waals surface area contributed by atoms with Crippen LogP contribution in [0.3, 0.4) is 0 Å². The van der Waals surface area contributed by atoms with Crippen molar-refractivity contribution in [1.82, 2.24) is 5.32 Å². The molecule has 0 heterocycles. The van der Waals surface area contributed by atoms with E-state index in [-0.39, 0.29) is 11.9 Å². The molecule has 0 aliphatic heterocycles. The Bertz CT molecular complexity index is 494. The summed E-state index contributed by atoms with van der Waals surface area (Å²) in [6.07, 6.45) is 1.18. The van der Waals surface area contributed by atoms with Crippen LogP contribution < -0.4 is 11.1 Å². The summed E-state index contributed by atoms with van der Waals surface area (Å²) in [7, 11) is 0. The third kappa shape index (κ3) is 3.96. The molecule has 1 fully saturated rings. The van der Waals surface area contributed by atoms with Crippen molar-refractivity contribution >= 4 is 33.5 Å². The Morgan fingerprint density at radius 3 is 2.68 bits per heavy atom. The van der Waals surface area contributed by atoms with Crippen LogP contribution in [0.4, 0.5) is 5.69 Å². The van der Waals surface area contributed by atoms with Gasteiger partial charge in [-0.25, -0.2) is 4.79 Å². The number of hydrogen-bond acceptors (Lipinski definition) is 4. The molecule has 5 nitrogen and oxygen atoms in total. The van der Waals surface area contributed by atoms with Crippen molar-refractivity contribution in [3.8, 4) is 0 Å². The van der Waals surface area contributed by atoms with E-state index in [0.29, 0.717) is 15.7 Å². The van der Waals surface area contributed by atoms with Crippen molar-refractivity contribution in [3.63, 3.8) is 0 Å². The Kier molecular flexibility index (Phi) is 4.09. The van der Waals surface area contributed by atoms with E-state index in [1.165, 1.54) is 6.07 Å². The van der Waals surface area contributed by atoms with E-state index in [1.807, 2.05) is 0 Å². The molecule has 0 radical (unpaired) electrons. The molecular formula is C13H15BrN2O3. The highest BCUT2D eigenvalue weighted by Crippen LogP contribution is 2.20. The molecule has 1 aromatic carbocycles. The van der Waals surface area contributed by atoms with E-state index in [4.69, 9.17) is 10.5 Å². The van der Waals surface area contributed by atoms with Gasteiger partial charge in [0.25, 0.3) is 5.91 Å². The topological polar surface area (TPSA) is 81.4 Å². The molecule has 2 rings (SSSR count). The molecule has 3 N–H and O–H groups in total. The second-order valence-corrected chi connectivity index (χ2v) is 5.52. The zero-order chi connectivity index (χ0) is 14.0. The minimum atomic E-state index is -0.812. The summed E-state index contributed by atoms with van der Waals surface area (Å²) in [5, 5.41) is 2.78. The third-order valence-corrected chi connectivity index (χ3v) is 3.19. The lowest BCUT2D eigenvalue weighted by molar-refractivity contribution is -0.129. The Hall–Kier alpha value is -1.56. The predicted molar refractivity (Wildman–Crippen MR) is 74.6 cm³/mol. The Balaban J connectivity index is 1.97. The van der Waals surface area contributed by atoms with Gasteiger partial charge in [0.1, 0.15) is 0 Å². The van der Waals surface area contributed by atoms with E-state index in [1.54, 1.807) is 19.1 Å². The van der Waals surface area contributed by atoms with Gasteiger partial charge < -0.3 is 15.8 Å².